The number of rotatable bonds is 4. The number of thiazole rings is 1. The predicted molar refractivity (Wildman–Crippen MR) is 90.7 cm³/mol. The molecule has 21 heavy (non-hydrogen) atoms. The van der Waals surface area contributed by atoms with Crippen LogP contribution in [0.4, 0.5) is 5.13 Å². The molecular weight excluding hydrogens is 348 g/mol. The summed E-state index contributed by atoms with van der Waals surface area (Å²) in [5.74, 6) is 0. The van der Waals surface area contributed by atoms with Crippen molar-refractivity contribution in [2.45, 2.75) is 0 Å². The topological polar surface area (TPSA) is 50.2 Å². The molecule has 0 atom stereocenters. The number of benzene rings is 1. The average Bonchev–Trinajstić information content (AvgIpc) is 2.97. The van der Waals surface area contributed by atoms with Gasteiger partial charge in [0.05, 0.1) is 11.9 Å². The minimum absolute atomic E-state index is 0.755. The Balaban J connectivity index is 1.70. The quantitative estimate of drug-likeness (QED) is 0.554. The van der Waals surface area contributed by atoms with Crippen molar-refractivity contribution in [3.8, 4) is 11.3 Å². The molecule has 1 N–H and O–H groups in total. The van der Waals surface area contributed by atoms with Gasteiger partial charge in [0, 0.05) is 33.4 Å². The number of hydrogen-bond donors (Lipinski definition) is 1. The van der Waals surface area contributed by atoms with Gasteiger partial charge in [0.15, 0.2) is 0 Å². The van der Waals surface area contributed by atoms with Crippen LogP contribution in [0.2, 0.25) is 0 Å². The number of hydrogen-bond acceptors (Lipinski definition) is 5. The van der Waals surface area contributed by atoms with Gasteiger partial charge in [0.1, 0.15) is 0 Å². The molecule has 0 saturated heterocycles. The largest absolute Gasteiger partial charge is 0.264 e. The van der Waals surface area contributed by atoms with Crippen LogP contribution in [-0.2, 0) is 0 Å². The minimum Gasteiger partial charge on any atom is -0.264 e. The van der Waals surface area contributed by atoms with Gasteiger partial charge in [-0.25, -0.2) is 4.98 Å². The van der Waals surface area contributed by atoms with E-state index in [0.717, 1.165) is 26.4 Å². The summed E-state index contributed by atoms with van der Waals surface area (Å²) in [5, 5.41) is 6.92. The molecular formula is C15H11BrN4S. The zero-order valence-corrected chi connectivity index (χ0v) is 13.3. The molecule has 0 unspecified atom stereocenters. The molecule has 0 aliphatic carbocycles. The Morgan fingerprint density at radius 1 is 1.24 bits per heavy atom. The summed E-state index contributed by atoms with van der Waals surface area (Å²) < 4.78 is 1.04. The van der Waals surface area contributed by atoms with E-state index in [4.69, 9.17) is 0 Å². The van der Waals surface area contributed by atoms with E-state index in [9.17, 15) is 0 Å². The second kappa shape index (κ2) is 6.60. The number of pyridine rings is 1. The van der Waals surface area contributed by atoms with Crippen molar-refractivity contribution >= 4 is 38.6 Å². The van der Waals surface area contributed by atoms with Crippen LogP contribution >= 0.6 is 27.3 Å². The highest BCUT2D eigenvalue weighted by Gasteiger charge is 2.04. The summed E-state index contributed by atoms with van der Waals surface area (Å²) in [5.41, 5.74) is 5.88. The van der Waals surface area contributed by atoms with Crippen LogP contribution in [0, 0.1) is 0 Å². The van der Waals surface area contributed by atoms with E-state index >= 15 is 0 Å². The molecule has 3 rings (SSSR count). The number of nitrogens with one attached hydrogen (secondary N) is 1. The Morgan fingerprint density at radius 2 is 2.19 bits per heavy atom. The van der Waals surface area contributed by atoms with E-state index < -0.39 is 0 Å². The normalized spacial score (nSPS) is 10.9. The zero-order valence-electron chi connectivity index (χ0n) is 10.9. The second-order valence-electron chi connectivity index (χ2n) is 4.20. The van der Waals surface area contributed by atoms with Crippen LogP contribution < -0.4 is 5.43 Å². The standard InChI is InChI=1S/C15H11BrN4S/c16-13-5-1-4-12(7-13)14-10-21-15(19-14)20-18-9-11-3-2-6-17-8-11/h1-10H,(H,19,20)/b18-9+. The highest BCUT2D eigenvalue weighted by Crippen LogP contribution is 2.26. The number of hydrazone groups is 1. The Bertz CT molecular complexity index is 755. The first kappa shape index (κ1) is 13.9. The third-order valence-corrected chi connectivity index (χ3v) is 3.92. The number of aromatic nitrogens is 2. The van der Waals surface area contributed by atoms with Gasteiger partial charge in [-0.15, -0.1) is 11.3 Å². The fraction of sp³-hybridized carbons (Fsp3) is 0. The van der Waals surface area contributed by atoms with Crippen LogP contribution in [0.15, 0.2) is 63.7 Å². The highest BCUT2D eigenvalue weighted by atomic mass is 79.9. The molecule has 2 heterocycles. The molecule has 2 aromatic heterocycles. The van der Waals surface area contributed by atoms with Crippen molar-refractivity contribution in [3.63, 3.8) is 0 Å². The third-order valence-electron chi connectivity index (χ3n) is 2.68. The average molecular weight is 359 g/mol. The fourth-order valence-electron chi connectivity index (χ4n) is 1.72. The Kier molecular flexibility index (Phi) is 4.37. The maximum Gasteiger partial charge on any atom is 0.203 e. The summed E-state index contributed by atoms with van der Waals surface area (Å²) in [6.45, 7) is 0. The van der Waals surface area contributed by atoms with E-state index in [1.54, 1.807) is 18.6 Å². The van der Waals surface area contributed by atoms with Crippen LogP contribution in [0.5, 0.6) is 0 Å². The summed E-state index contributed by atoms with van der Waals surface area (Å²) in [4.78, 5) is 8.54. The molecule has 6 heteroatoms. The summed E-state index contributed by atoms with van der Waals surface area (Å²) in [7, 11) is 0. The first-order valence-corrected chi connectivity index (χ1v) is 7.89. The van der Waals surface area contributed by atoms with Crippen LogP contribution in [0.1, 0.15) is 5.56 Å². The minimum atomic E-state index is 0.755. The Labute approximate surface area is 134 Å². The molecule has 4 nitrogen and oxygen atoms in total. The van der Waals surface area contributed by atoms with E-state index in [1.165, 1.54) is 11.3 Å². The van der Waals surface area contributed by atoms with Crippen molar-refractivity contribution < 1.29 is 0 Å². The van der Waals surface area contributed by atoms with Crippen molar-refractivity contribution in [1.29, 1.82) is 0 Å². The molecule has 0 fully saturated rings. The first-order valence-electron chi connectivity index (χ1n) is 6.22. The van der Waals surface area contributed by atoms with Gasteiger partial charge < -0.3 is 0 Å². The predicted octanol–water partition coefficient (Wildman–Crippen LogP) is 4.41. The molecule has 0 bridgehead atoms. The van der Waals surface area contributed by atoms with Gasteiger partial charge in [0.2, 0.25) is 5.13 Å². The lowest BCUT2D eigenvalue weighted by atomic mass is 10.2. The van der Waals surface area contributed by atoms with Gasteiger partial charge in [-0.1, -0.05) is 34.1 Å². The summed E-state index contributed by atoms with van der Waals surface area (Å²) in [6, 6.07) is 11.9. The van der Waals surface area contributed by atoms with Crippen molar-refractivity contribution in [3.05, 3.63) is 64.2 Å². The maximum absolute atomic E-state index is 4.51. The molecule has 104 valence electrons. The monoisotopic (exact) mass is 358 g/mol. The first-order chi connectivity index (χ1) is 10.3. The van der Waals surface area contributed by atoms with Gasteiger partial charge >= 0.3 is 0 Å². The number of halogens is 1. The number of nitrogens with zero attached hydrogens (tertiary/aromatic N) is 3. The van der Waals surface area contributed by atoms with Gasteiger partial charge in [0.25, 0.3) is 0 Å². The molecule has 0 amide bonds. The lowest BCUT2D eigenvalue weighted by molar-refractivity contribution is 1.28. The van der Waals surface area contributed by atoms with Gasteiger partial charge in [-0.05, 0) is 18.2 Å². The number of anilines is 1. The highest BCUT2D eigenvalue weighted by molar-refractivity contribution is 9.10. The van der Waals surface area contributed by atoms with E-state index in [2.05, 4.69) is 36.4 Å². The lowest BCUT2D eigenvalue weighted by Gasteiger charge is -1.97. The molecule has 0 spiro atoms. The maximum atomic E-state index is 4.51. The van der Waals surface area contributed by atoms with E-state index in [1.807, 2.05) is 41.8 Å². The SMILES string of the molecule is Brc1cccc(-c2csc(N/N=C/c3cccnc3)n2)c1. The Morgan fingerprint density at radius 3 is 3.00 bits per heavy atom. The second-order valence-corrected chi connectivity index (χ2v) is 5.98. The fourth-order valence-corrected chi connectivity index (χ4v) is 2.79. The molecule has 0 radical (unpaired) electrons. The Hall–Kier alpha value is -2.05. The van der Waals surface area contributed by atoms with Crippen LogP contribution in [0.3, 0.4) is 0 Å². The van der Waals surface area contributed by atoms with Crippen LogP contribution in [-0.4, -0.2) is 16.2 Å². The zero-order chi connectivity index (χ0) is 14.5. The molecule has 0 saturated carbocycles. The van der Waals surface area contributed by atoms with Gasteiger partial charge in [-0.3, -0.25) is 10.4 Å². The van der Waals surface area contributed by atoms with Gasteiger partial charge in [-0.2, -0.15) is 5.10 Å². The van der Waals surface area contributed by atoms with Crippen molar-refractivity contribution in [2.24, 2.45) is 5.10 Å². The molecule has 1 aromatic carbocycles. The van der Waals surface area contributed by atoms with Crippen molar-refractivity contribution in [1.82, 2.24) is 9.97 Å². The van der Waals surface area contributed by atoms with Crippen LogP contribution in [0.25, 0.3) is 11.3 Å². The van der Waals surface area contributed by atoms with Crippen molar-refractivity contribution in [2.75, 3.05) is 5.43 Å². The lowest BCUT2D eigenvalue weighted by Crippen LogP contribution is -1.90. The molecule has 3 aromatic rings. The summed E-state index contributed by atoms with van der Waals surface area (Å²) in [6.07, 6.45) is 5.20. The van der Waals surface area contributed by atoms with E-state index in [0.29, 0.717) is 0 Å². The summed E-state index contributed by atoms with van der Waals surface area (Å²) >= 11 is 4.98. The smallest absolute Gasteiger partial charge is 0.203 e. The third kappa shape index (κ3) is 3.74. The van der Waals surface area contributed by atoms with E-state index in [-0.39, 0.29) is 0 Å². The molecule has 0 aliphatic heterocycles. The molecule has 0 aliphatic rings.